The Morgan fingerprint density at radius 3 is 2.62 bits per heavy atom. The van der Waals surface area contributed by atoms with E-state index in [1.165, 1.54) is 12.1 Å². The largest absolute Gasteiger partial charge is 0.219 e. The van der Waals surface area contributed by atoms with Crippen LogP contribution in [0.15, 0.2) is 44.6 Å². The van der Waals surface area contributed by atoms with Crippen molar-refractivity contribution in [2.24, 2.45) is 0 Å². The van der Waals surface area contributed by atoms with Gasteiger partial charge in [0.15, 0.2) is 0 Å². The molecule has 0 N–H and O–H groups in total. The molecule has 13 heavy (non-hydrogen) atoms. The minimum Gasteiger partial charge on any atom is -0.219 e. The Hall–Kier alpha value is -0.320. The van der Waals surface area contributed by atoms with Crippen LogP contribution < -0.4 is 0 Å². The van der Waals surface area contributed by atoms with Gasteiger partial charge in [-0.05, 0) is 18.2 Å². The Bertz CT molecular complexity index is 426. The Morgan fingerprint density at radius 1 is 1.38 bits per heavy atom. The van der Waals surface area contributed by atoms with Gasteiger partial charge in [0.05, 0.1) is 4.90 Å². The predicted molar refractivity (Wildman–Crippen MR) is 56.3 cm³/mol. The fraction of sp³-hybridized carbons (Fsp3) is 0. The smallest absolute Gasteiger partial charge is 0.200 e. The summed E-state index contributed by atoms with van der Waals surface area (Å²) in [7, 11) is -3.38. The maximum atomic E-state index is 11.4. The summed E-state index contributed by atoms with van der Waals surface area (Å²) in [5.74, 6) is 0. The lowest BCUT2D eigenvalue weighted by Crippen LogP contribution is -1.94. The average molecular weight is 282 g/mol. The van der Waals surface area contributed by atoms with Crippen molar-refractivity contribution >= 4 is 37.4 Å². The molecule has 2 nitrogen and oxygen atoms in total. The lowest BCUT2D eigenvalue weighted by Gasteiger charge is -1.98. The highest BCUT2D eigenvalue weighted by Crippen LogP contribution is 2.17. The zero-order valence-electron chi connectivity index (χ0n) is 6.44. The number of halogens is 2. The number of hydrogen-bond donors (Lipinski definition) is 0. The second-order valence-corrected chi connectivity index (χ2v) is 5.27. The van der Waals surface area contributed by atoms with Gasteiger partial charge in [-0.15, -0.1) is 0 Å². The molecule has 0 heterocycles. The second-order valence-electron chi connectivity index (χ2n) is 2.26. The van der Waals surface area contributed by atoms with E-state index < -0.39 is 9.84 Å². The Labute approximate surface area is 90.3 Å². The average Bonchev–Trinajstić information content (AvgIpc) is 2.04. The van der Waals surface area contributed by atoms with Crippen LogP contribution in [0, 0.1) is 0 Å². The van der Waals surface area contributed by atoms with Gasteiger partial charge in [0, 0.05) is 15.4 Å². The summed E-state index contributed by atoms with van der Waals surface area (Å²) in [5.41, 5.74) is 0.982. The zero-order valence-corrected chi connectivity index (χ0v) is 9.60. The van der Waals surface area contributed by atoms with Gasteiger partial charge in [-0.3, -0.25) is 0 Å². The Kier molecular flexibility index (Phi) is 3.53. The SMILES string of the molecule is O=S(=O)(/C=C/Cl)c1cccc(Br)c1. The van der Waals surface area contributed by atoms with E-state index in [-0.39, 0.29) is 4.90 Å². The maximum absolute atomic E-state index is 11.4. The standard InChI is InChI=1S/C8H6BrClO2S/c9-7-2-1-3-8(6-7)13(11,12)5-4-10/h1-6H/b5-4+. The highest BCUT2D eigenvalue weighted by Gasteiger charge is 2.09. The second kappa shape index (κ2) is 4.26. The van der Waals surface area contributed by atoms with Crippen LogP contribution in [0.5, 0.6) is 0 Å². The first-order valence-corrected chi connectivity index (χ1v) is 6.11. The minimum absolute atomic E-state index is 0.221. The molecule has 0 atom stereocenters. The Morgan fingerprint density at radius 2 is 2.08 bits per heavy atom. The summed E-state index contributed by atoms with van der Waals surface area (Å²) in [5, 5.41) is 0.955. The van der Waals surface area contributed by atoms with Gasteiger partial charge in [-0.25, -0.2) is 8.42 Å². The van der Waals surface area contributed by atoms with Crippen LogP contribution in [-0.2, 0) is 9.84 Å². The van der Waals surface area contributed by atoms with Crippen LogP contribution >= 0.6 is 27.5 Å². The van der Waals surface area contributed by atoms with Crippen molar-refractivity contribution in [1.82, 2.24) is 0 Å². The maximum Gasteiger partial charge on any atom is 0.200 e. The summed E-state index contributed by atoms with van der Waals surface area (Å²) in [4.78, 5) is 0.221. The van der Waals surface area contributed by atoms with Gasteiger partial charge in [0.2, 0.25) is 9.84 Å². The van der Waals surface area contributed by atoms with Crippen LogP contribution in [0.1, 0.15) is 0 Å². The summed E-state index contributed by atoms with van der Waals surface area (Å²) < 4.78 is 23.5. The molecule has 0 aromatic heterocycles. The van der Waals surface area contributed by atoms with E-state index in [1.807, 2.05) is 0 Å². The third-order valence-electron chi connectivity index (χ3n) is 1.36. The molecule has 0 amide bonds. The summed E-state index contributed by atoms with van der Waals surface area (Å²) in [6.45, 7) is 0. The van der Waals surface area contributed by atoms with Crippen molar-refractivity contribution in [1.29, 1.82) is 0 Å². The summed E-state index contributed by atoms with van der Waals surface area (Å²) in [6, 6.07) is 6.44. The van der Waals surface area contributed by atoms with Crippen LogP contribution in [0.3, 0.4) is 0 Å². The fourth-order valence-corrected chi connectivity index (χ4v) is 2.60. The molecule has 0 bridgehead atoms. The van der Waals surface area contributed by atoms with E-state index in [2.05, 4.69) is 15.9 Å². The van der Waals surface area contributed by atoms with E-state index >= 15 is 0 Å². The van der Waals surface area contributed by atoms with Gasteiger partial charge in [-0.1, -0.05) is 33.6 Å². The molecule has 5 heteroatoms. The van der Waals surface area contributed by atoms with E-state index in [0.717, 1.165) is 15.4 Å². The van der Waals surface area contributed by atoms with Crippen LogP contribution in [0.25, 0.3) is 0 Å². The third-order valence-corrected chi connectivity index (χ3v) is 3.53. The van der Waals surface area contributed by atoms with Crippen molar-refractivity contribution in [2.75, 3.05) is 0 Å². The molecular formula is C8H6BrClO2S. The van der Waals surface area contributed by atoms with Gasteiger partial charge >= 0.3 is 0 Å². The molecule has 0 spiro atoms. The van der Waals surface area contributed by atoms with Crippen LogP contribution in [0.2, 0.25) is 0 Å². The number of hydrogen-bond acceptors (Lipinski definition) is 2. The van der Waals surface area contributed by atoms with Gasteiger partial charge in [-0.2, -0.15) is 0 Å². The molecule has 0 aliphatic carbocycles. The predicted octanol–water partition coefficient (Wildman–Crippen LogP) is 2.93. The number of benzene rings is 1. The molecule has 0 fully saturated rings. The van der Waals surface area contributed by atoms with E-state index in [1.54, 1.807) is 12.1 Å². The monoisotopic (exact) mass is 280 g/mol. The molecule has 1 rings (SSSR count). The molecule has 70 valence electrons. The van der Waals surface area contributed by atoms with E-state index in [0.29, 0.717) is 0 Å². The lowest BCUT2D eigenvalue weighted by atomic mass is 10.4. The number of sulfone groups is 1. The first-order valence-electron chi connectivity index (χ1n) is 3.34. The quantitative estimate of drug-likeness (QED) is 0.835. The molecule has 0 unspecified atom stereocenters. The molecule has 0 aliphatic heterocycles. The van der Waals surface area contributed by atoms with Gasteiger partial charge < -0.3 is 0 Å². The molecule has 0 aliphatic rings. The van der Waals surface area contributed by atoms with Gasteiger partial charge in [0.1, 0.15) is 0 Å². The number of rotatable bonds is 2. The highest BCUT2D eigenvalue weighted by molar-refractivity contribution is 9.10. The molecular weight excluding hydrogens is 276 g/mol. The fourth-order valence-electron chi connectivity index (χ4n) is 0.790. The van der Waals surface area contributed by atoms with E-state index in [4.69, 9.17) is 11.6 Å². The molecule has 1 aromatic rings. The summed E-state index contributed by atoms with van der Waals surface area (Å²) >= 11 is 8.39. The van der Waals surface area contributed by atoms with E-state index in [9.17, 15) is 8.42 Å². The van der Waals surface area contributed by atoms with Crippen molar-refractivity contribution in [3.05, 3.63) is 39.7 Å². The lowest BCUT2D eigenvalue weighted by molar-refractivity contribution is 0.604. The minimum atomic E-state index is -3.38. The van der Waals surface area contributed by atoms with Crippen molar-refractivity contribution in [3.8, 4) is 0 Å². The normalized spacial score (nSPS) is 12.2. The first kappa shape index (κ1) is 10.8. The van der Waals surface area contributed by atoms with Crippen molar-refractivity contribution < 1.29 is 8.42 Å². The topological polar surface area (TPSA) is 34.1 Å². The molecule has 0 saturated heterocycles. The van der Waals surface area contributed by atoms with Crippen LogP contribution in [-0.4, -0.2) is 8.42 Å². The van der Waals surface area contributed by atoms with Gasteiger partial charge in [0.25, 0.3) is 0 Å². The molecule has 1 aromatic carbocycles. The van der Waals surface area contributed by atoms with Crippen molar-refractivity contribution in [2.45, 2.75) is 4.90 Å². The highest BCUT2D eigenvalue weighted by atomic mass is 79.9. The zero-order chi connectivity index (χ0) is 9.90. The third kappa shape index (κ3) is 2.83. The van der Waals surface area contributed by atoms with Crippen LogP contribution in [0.4, 0.5) is 0 Å². The molecule has 0 saturated carbocycles. The first-order chi connectivity index (χ1) is 6.06. The van der Waals surface area contributed by atoms with Crippen molar-refractivity contribution in [3.63, 3.8) is 0 Å². The molecule has 0 radical (unpaired) electrons. The Balaban J connectivity index is 3.23. The summed E-state index contributed by atoms with van der Waals surface area (Å²) in [6.07, 6.45) is 0.